The second-order valence-electron chi connectivity index (χ2n) is 1.42. The van der Waals surface area contributed by atoms with E-state index in [0.29, 0.717) is 0 Å². The van der Waals surface area contributed by atoms with Crippen LogP contribution in [0.5, 0.6) is 0 Å². The summed E-state index contributed by atoms with van der Waals surface area (Å²) in [5.74, 6) is -1.41. The molecule has 0 unspecified atom stereocenters. The van der Waals surface area contributed by atoms with Gasteiger partial charge in [0.25, 0.3) is 0 Å². The molecule has 0 aliphatic rings. The molecule has 4 nitrogen and oxygen atoms in total. The Morgan fingerprint density at radius 3 is 2.73 bits per heavy atom. The SMILES string of the molecule is O=C([O-])c1[c]cnc(Cl)n1.[K+]. The Morgan fingerprint density at radius 2 is 2.36 bits per heavy atom. The van der Waals surface area contributed by atoms with Gasteiger partial charge in [-0.1, -0.05) is 0 Å². The molecule has 1 radical (unpaired) electrons. The largest absolute Gasteiger partial charge is 1.00 e. The van der Waals surface area contributed by atoms with Crippen molar-refractivity contribution in [2.45, 2.75) is 0 Å². The molecule has 1 heterocycles. The second-order valence-corrected chi connectivity index (χ2v) is 1.76. The predicted octanol–water partition coefficient (Wildman–Crippen LogP) is -3.70. The molecule has 0 aromatic carbocycles. The van der Waals surface area contributed by atoms with E-state index in [1.54, 1.807) is 0 Å². The van der Waals surface area contributed by atoms with Crippen molar-refractivity contribution in [2.24, 2.45) is 0 Å². The molecule has 6 heteroatoms. The summed E-state index contributed by atoms with van der Waals surface area (Å²) in [4.78, 5) is 16.8. The molecule has 1 rings (SSSR count). The van der Waals surface area contributed by atoms with E-state index in [4.69, 9.17) is 11.6 Å². The third-order valence-electron chi connectivity index (χ3n) is 0.770. The maximum atomic E-state index is 10.1. The van der Waals surface area contributed by atoms with Crippen molar-refractivity contribution in [3.63, 3.8) is 0 Å². The first-order valence-corrected chi connectivity index (χ1v) is 2.69. The Labute approximate surface area is 110 Å². The Balaban J connectivity index is 0.000001000. The van der Waals surface area contributed by atoms with E-state index in [0.717, 1.165) is 6.20 Å². The minimum atomic E-state index is -1.41. The minimum Gasteiger partial charge on any atom is -0.543 e. The number of nitrogens with zero attached hydrogens (tertiary/aromatic N) is 2. The Kier molecular flexibility index (Phi) is 5.40. The summed E-state index contributed by atoms with van der Waals surface area (Å²) in [5, 5.41) is 9.93. The summed E-state index contributed by atoms with van der Waals surface area (Å²) in [7, 11) is 0. The van der Waals surface area contributed by atoms with Gasteiger partial charge in [0.1, 0.15) is 0 Å². The Morgan fingerprint density at radius 1 is 1.73 bits per heavy atom. The van der Waals surface area contributed by atoms with E-state index in [1.165, 1.54) is 0 Å². The van der Waals surface area contributed by atoms with Crippen LogP contribution >= 0.6 is 11.6 Å². The molecule has 0 atom stereocenters. The zero-order chi connectivity index (χ0) is 7.56. The average molecular weight is 196 g/mol. The van der Waals surface area contributed by atoms with E-state index < -0.39 is 5.97 Å². The number of carboxylic acids is 1. The molecular formula is C5HClKN2O2. The molecule has 0 spiro atoms. The van der Waals surface area contributed by atoms with Gasteiger partial charge in [-0.3, -0.25) is 0 Å². The molecule has 0 aliphatic heterocycles. The van der Waals surface area contributed by atoms with Gasteiger partial charge in [-0.25, -0.2) is 9.97 Å². The van der Waals surface area contributed by atoms with Crippen LogP contribution in [0.3, 0.4) is 0 Å². The van der Waals surface area contributed by atoms with Crippen LogP contribution < -0.4 is 56.5 Å². The molecular weight excluding hydrogens is 195 g/mol. The molecule has 1 aromatic heterocycles. The van der Waals surface area contributed by atoms with Crippen LogP contribution in [0.4, 0.5) is 0 Å². The summed E-state index contributed by atoms with van der Waals surface area (Å²) in [6.45, 7) is 0. The summed E-state index contributed by atoms with van der Waals surface area (Å²) >= 11 is 5.26. The number of hydrogen-bond donors (Lipinski definition) is 0. The first-order valence-electron chi connectivity index (χ1n) is 2.31. The minimum absolute atomic E-state index is 0. The first-order chi connectivity index (χ1) is 4.70. The number of halogens is 1. The Hall–Kier alpha value is 0.476. The van der Waals surface area contributed by atoms with Gasteiger partial charge >= 0.3 is 51.4 Å². The number of carbonyl (C=O) groups excluding carboxylic acids is 1. The van der Waals surface area contributed by atoms with Crippen molar-refractivity contribution in [3.8, 4) is 0 Å². The fourth-order valence-corrected chi connectivity index (χ4v) is 0.538. The van der Waals surface area contributed by atoms with Crippen LogP contribution in [-0.2, 0) is 0 Å². The van der Waals surface area contributed by atoms with Gasteiger partial charge in [0, 0.05) is 12.3 Å². The molecule has 0 amide bonds. The van der Waals surface area contributed by atoms with Gasteiger partial charge in [-0.05, 0) is 11.6 Å². The summed E-state index contributed by atoms with van der Waals surface area (Å²) in [6, 6.07) is 2.24. The van der Waals surface area contributed by atoms with E-state index in [9.17, 15) is 9.90 Å². The molecule has 0 fully saturated rings. The molecule has 0 aliphatic carbocycles. The Bertz CT molecular complexity index is 268. The van der Waals surface area contributed by atoms with Crippen LogP contribution in [0.15, 0.2) is 6.20 Å². The maximum Gasteiger partial charge on any atom is 1.00 e. The van der Waals surface area contributed by atoms with Crippen molar-refractivity contribution in [1.29, 1.82) is 0 Å². The zero-order valence-electron chi connectivity index (χ0n) is 5.67. The molecule has 11 heavy (non-hydrogen) atoms. The number of carbonyl (C=O) groups is 1. The number of aromatic carboxylic acids is 1. The molecule has 1 aromatic rings. The number of aromatic nitrogens is 2. The topological polar surface area (TPSA) is 65.9 Å². The number of hydrogen-bond acceptors (Lipinski definition) is 4. The average Bonchev–Trinajstić information content (AvgIpc) is 1.88. The first kappa shape index (κ1) is 11.5. The van der Waals surface area contributed by atoms with Crippen molar-refractivity contribution >= 4 is 17.6 Å². The van der Waals surface area contributed by atoms with Gasteiger partial charge < -0.3 is 9.90 Å². The van der Waals surface area contributed by atoms with Crippen molar-refractivity contribution in [2.75, 3.05) is 0 Å². The van der Waals surface area contributed by atoms with Crippen LogP contribution in [0.1, 0.15) is 10.5 Å². The fraction of sp³-hybridized carbons (Fsp3) is 0. The van der Waals surface area contributed by atoms with Crippen LogP contribution in [0, 0.1) is 6.07 Å². The number of carboxylic acid groups (broad SMARTS) is 1. The van der Waals surface area contributed by atoms with E-state index >= 15 is 0 Å². The number of rotatable bonds is 1. The molecule has 0 saturated carbocycles. The van der Waals surface area contributed by atoms with E-state index in [-0.39, 0.29) is 62.4 Å². The maximum absolute atomic E-state index is 10.1. The van der Waals surface area contributed by atoms with Gasteiger partial charge in [-0.15, -0.1) is 0 Å². The molecule has 0 saturated heterocycles. The third kappa shape index (κ3) is 3.59. The summed E-state index contributed by atoms with van der Waals surface area (Å²) in [5.41, 5.74) is -0.333. The van der Waals surface area contributed by atoms with Gasteiger partial charge in [0.15, 0.2) is 0 Å². The molecule has 0 N–H and O–H groups in total. The quantitative estimate of drug-likeness (QED) is 0.342. The third-order valence-corrected chi connectivity index (χ3v) is 0.952. The normalized spacial score (nSPS) is 8.45. The van der Waals surface area contributed by atoms with Crippen molar-refractivity contribution in [3.05, 3.63) is 23.2 Å². The second kappa shape index (κ2) is 5.18. The van der Waals surface area contributed by atoms with Crippen LogP contribution in [0.2, 0.25) is 5.28 Å². The smallest absolute Gasteiger partial charge is 0.543 e. The fourth-order valence-electron chi connectivity index (χ4n) is 0.405. The predicted molar refractivity (Wildman–Crippen MR) is 30.2 cm³/mol. The van der Waals surface area contributed by atoms with Crippen molar-refractivity contribution in [1.82, 2.24) is 9.97 Å². The van der Waals surface area contributed by atoms with E-state index in [2.05, 4.69) is 16.0 Å². The summed E-state index contributed by atoms with van der Waals surface area (Å²) < 4.78 is 0. The molecule has 0 bridgehead atoms. The van der Waals surface area contributed by atoms with Crippen LogP contribution in [0.25, 0.3) is 0 Å². The van der Waals surface area contributed by atoms with Gasteiger partial charge in [0.05, 0.1) is 11.7 Å². The van der Waals surface area contributed by atoms with Crippen molar-refractivity contribution < 1.29 is 61.3 Å². The van der Waals surface area contributed by atoms with E-state index in [1.807, 2.05) is 0 Å². The molecule has 51 valence electrons. The standard InChI is InChI=1S/C5H2ClN2O2.K/c6-5-7-2-1-3(8-5)4(9)10;/h2H,(H,9,10);/q;+1/p-1. The zero-order valence-corrected chi connectivity index (χ0v) is 9.55. The monoisotopic (exact) mass is 195 g/mol. The van der Waals surface area contributed by atoms with Gasteiger partial charge in [0.2, 0.25) is 5.28 Å². The van der Waals surface area contributed by atoms with Gasteiger partial charge in [-0.2, -0.15) is 0 Å². The summed E-state index contributed by atoms with van der Waals surface area (Å²) in [6.07, 6.45) is 1.13. The van der Waals surface area contributed by atoms with Crippen LogP contribution in [-0.4, -0.2) is 15.9 Å².